The molecule has 0 aliphatic heterocycles. The van der Waals surface area contributed by atoms with Crippen LogP contribution in [0.3, 0.4) is 0 Å². The minimum atomic E-state index is 0.558. The number of rotatable bonds is 4. The van der Waals surface area contributed by atoms with Crippen molar-refractivity contribution < 1.29 is 0 Å². The van der Waals surface area contributed by atoms with E-state index in [0.29, 0.717) is 5.96 Å². The fraction of sp³-hybridized carbons (Fsp3) is 0.0217. The Bertz CT molecular complexity index is 3100. The molecule has 10 aromatic rings. The molecular formula is C46H32N6. The normalized spacial score (nSPS) is 12.4. The largest absolute Gasteiger partial charge is 0.309 e. The van der Waals surface area contributed by atoms with Crippen LogP contribution in [0, 0.1) is 0 Å². The van der Waals surface area contributed by atoms with Crippen molar-refractivity contribution in [3.63, 3.8) is 0 Å². The maximum Gasteiger partial charge on any atom is 0.231 e. The summed E-state index contributed by atoms with van der Waals surface area (Å²) >= 11 is 0. The summed E-state index contributed by atoms with van der Waals surface area (Å²) in [6, 6.07) is 56.8. The molecule has 0 spiro atoms. The molecule has 6 heteroatoms. The molecule has 10 rings (SSSR count). The van der Waals surface area contributed by atoms with Gasteiger partial charge in [-0.05, 0) is 84.6 Å². The Labute approximate surface area is 299 Å². The van der Waals surface area contributed by atoms with Gasteiger partial charge >= 0.3 is 0 Å². The molecular weight excluding hydrogens is 637 g/mol. The van der Waals surface area contributed by atoms with Crippen molar-refractivity contribution in [1.82, 2.24) is 13.7 Å². The second kappa shape index (κ2) is 11.8. The molecule has 0 N–H and O–H groups in total. The molecule has 0 atom stereocenters. The van der Waals surface area contributed by atoms with Gasteiger partial charge in [0.25, 0.3) is 0 Å². The van der Waals surface area contributed by atoms with E-state index in [1.54, 1.807) is 7.05 Å². The Morgan fingerprint density at radius 2 is 1.04 bits per heavy atom. The molecule has 0 unspecified atom stereocenters. The fourth-order valence-corrected chi connectivity index (χ4v) is 8.13. The van der Waals surface area contributed by atoms with E-state index in [0.717, 1.165) is 38.6 Å². The molecule has 0 amide bonds. The van der Waals surface area contributed by atoms with E-state index in [4.69, 9.17) is 0 Å². The molecule has 246 valence electrons. The molecule has 52 heavy (non-hydrogen) atoms. The van der Waals surface area contributed by atoms with Crippen molar-refractivity contribution >= 4 is 84.4 Å². The van der Waals surface area contributed by atoms with Crippen molar-refractivity contribution in [2.45, 2.75) is 0 Å². The van der Waals surface area contributed by atoms with Crippen molar-refractivity contribution in [3.8, 4) is 22.5 Å². The number of fused-ring (bicyclic) bond motifs is 9. The SMILES string of the molecule is C=N/C=N\C(=N/C)n1c2ccccc2c2cc(-c3ccc4c(c3)c3ccccc3n4-c3cccc4c3c3ccccc3n4-c3ccccc3)ccc21. The number of aliphatic imine (C=N–C) groups is 3. The van der Waals surface area contributed by atoms with Crippen LogP contribution >= 0.6 is 0 Å². The number of benzene rings is 7. The van der Waals surface area contributed by atoms with Crippen LogP contribution < -0.4 is 0 Å². The molecule has 0 bridgehead atoms. The Hall–Kier alpha value is -7.05. The average molecular weight is 669 g/mol. The van der Waals surface area contributed by atoms with Crippen LogP contribution in [0.4, 0.5) is 0 Å². The molecule has 3 aromatic heterocycles. The van der Waals surface area contributed by atoms with Gasteiger partial charge in [0.15, 0.2) is 0 Å². The van der Waals surface area contributed by atoms with E-state index < -0.39 is 0 Å². The molecule has 0 aliphatic carbocycles. The van der Waals surface area contributed by atoms with Gasteiger partial charge in [-0.15, -0.1) is 0 Å². The lowest BCUT2D eigenvalue weighted by molar-refractivity contribution is 1.17. The first-order chi connectivity index (χ1) is 25.7. The number of hydrogen-bond donors (Lipinski definition) is 0. The third-order valence-corrected chi connectivity index (χ3v) is 10.3. The van der Waals surface area contributed by atoms with Gasteiger partial charge in [0.05, 0.1) is 38.8 Å². The van der Waals surface area contributed by atoms with Crippen molar-refractivity contribution in [2.75, 3.05) is 7.05 Å². The lowest BCUT2D eigenvalue weighted by Crippen LogP contribution is -2.08. The summed E-state index contributed by atoms with van der Waals surface area (Å²) in [5, 5.41) is 7.18. The van der Waals surface area contributed by atoms with Crippen LogP contribution in [-0.2, 0) is 0 Å². The highest BCUT2D eigenvalue weighted by Gasteiger charge is 2.20. The topological polar surface area (TPSA) is 51.9 Å². The quantitative estimate of drug-likeness (QED) is 0.132. The zero-order valence-corrected chi connectivity index (χ0v) is 28.5. The highest BCUT2D eigenvalue weighted by Crippen LogP contribution is 2.41. The summed E-state index contributed by atoms with van der Waals surface area (Å²) < 4.78 is 6.91. The van der Waals surface area contributed by atoms with E-state index >= 15 is 0 Å². The van der Waals surface area contributed by atoms with Gasteiger partial charge in [0, 0.05) is 45.1 Å². The van der Waals surface area contributed by atoms with Gasteiger partial charge in [0.2, 0.25) is 5.96 Å². The molecule has 3 heterocycles. The van der Waals surface area contributed by atoms with Gasteiger partial charge in [-0.3, -0.25) is 14.6 Å². The summed E-state index contributed by atoms with van der Waals surface area (Å²) in [6.07, 6.45) is 1.44. The zero-order valence-electron chi connectivity index (χ0n) is 28.5. The summed E-state index contributed by atoms with van der Waals surface area (Å²) in [4.78, 5) is 12.8. The first-order valence-electron chi connectivity index (χ1n) is 17.4. The number of aromatic nitrogens is 3. The predicted molar refractivity (Wildman–Crippen MR) is 220 cm³/mol. The first-order valence-corrected chi connectivity index (χ1v) is 17.4. The van der Waals surface area contributed by atoms with Crippen LogP contribution in [0.5, 0.6) is 0 Å². The van der Waals surface area contributed by atoms with Crippen LogP contribution in [0.1, 0.15) is 0 Å². The molecule has 0 fully saturated rings. The summed E-state index contributed by atoms with van der Waals surface area (Å²) in [5.41, 5.74) is 11.4. The van der Waals surface area contributed by atoms with Crippen LogP contribution in [0.2, 0.25) is 0 Å². The van der Waals surface area contributed by atoms with E-state index in [-0.39, 0.29) is 0 Å². The van der Waals surface area contributed by atoms with Crippen molar-refractivity contribution in [2.24, 2.45) is 15.0 Å². The zero-order chi connectivity index (χ0) is 34.8. The minimum Gasteiger partial charge on any atom is -0.309 e. The third kappa shape index (κ3) is 4.34. The standard InChI is InChI=1S/C46H32N6/c1-47-29-49-46(48-2)52-39-19-10-7-16-34(39)37-28-31(24-26-42(37)52)30-23-25-41-36(27-30)33-15-6-9-18-38(33)51(41)44-22-12-21-43-45(44)35-17-8-11-20-40(35)50(43)32-13-4-3-5-14-32/h3-29H,1H2,2H3/b48-46+,49-29-. The van der Waals surface area contributed by atoms with Gasteiger partial charge in [0.1, 0.15) is 6.34 Å². The summed E-state index contributed by atoms with van der Waals surface area (Å²) in [6.45, 7) is 3.55. The molecule has 0 aliphatic rings. The van der Waals surface area contributed by atoms with Gasteiger partial charge < -0.3 is 9.13 Å². The fourth-order valence-electron chi connectivity index (χ4n) is 8.13. The summed E-state index contributed by atoms with van der Waals surface area (Å²) in [5.74, 6) is 0.558. The van der Waals surface area contributed by atoms with E-state index in [1.165, 1.54) is 55.6 Å². The Balaban J connectivity index is 1.20. The van der Waals surface area contributed by atoms with Gasteiger partial charge in [-0.25, -0.2) is 4.99 Å². The van der Waals surface area contributed by atoms with E-state index in [9.17, 15) is 0 Å². The van der Waals surface area contributed by atoms with Crippen LogP contribution in [-0.4, -0.2) is 39.8 Å². The first kappa shape index (κ1) is 29.8. The van der Waals surface area contributed by atoms with Crippen LogP contribution in [0.25, 0.3) is 87.9 Å². The maximum atomic E-state index is 4.48. The number of nitrogens with zero attached hydrogens (tertiary/aromatic N) is 6. The molecule has 0 saturated carbocycles. The van der Waals surface area contributed by atoms with Gasteiger partial charge in [-0.2, -0.15) is 0 Å². The van der Waals surface area contributed by atoms with E-state index in [2.05, 4.69) is 187 Å². The lowest BCUT2D eigenvalue weighted by atomic mass is 10.0. The molecule has 0 saturated heterocycles. The smallest absolute Gasteiger partial charge is 0.231 e. The van der Waals surface area contributed by atoms with Crippen molar-refractivity contribution in [3.05, 3.63) is 158 Å². The van der Waals surface area contributed by atoms with E-state index in [1.807, 2.05) is 6.07 Å². The number of para-hydroxylation sites is 4. The Morgan fingerprint density at radius 3 is 1.75 bits per heavy atom. The van der Waals surface area contributed by atoms with Crippen LogP contribution in [0.15, 0.2) is 173 Å². The number of hydrogen-bond acceptors (Lipinski definition) is 1. The molecule has 6 nitrogen and oxygen atoms in total. The Morgan fingerprint density at radius 1 is 0.500 bits per heavy atom. The van der Waals surface area contributed by atoms with Gasteiger partial charge in [-0.1, -0.05) is 91.0 Å². The van der Waals surface area contributed by atoms with Crippen molar-refractivity contribution in [1.29, 1.82) is 0 Å². The average Bonchev–Trinajstić information content (AvgIpc) is 3.84. The predicted octanol–water partition coefficient (Wildman–Crippen LogP) is 11.2. The maximum absolute atomic E-state index is 4.48. The third-order valence-electron chi connectivity index (χ3n) is 10.3. The minimum absolute atomic E-state index is 0.558. The molecule has 0 radical (unpaired) electrons. The highest BCUT2D eigenvalue weighted by atomic mass is 15.2. The Kier molecular flexibility index (Phi) is 6.76. The second-order valence-electron chi connectivity index (χ2n) is 13.0. The molecule has 7 aromatic carbocycles. The lowest BCUT2D eigenvalue weighted by Gasteiger charge is -2.12. The summed E-state index contributed by atoms with van der Waals surface area (Å²) in [7, 11) is 1.75. The monoisotopic (exact) mass is 668 g/mol. The second-order valence-corrected chi connectivity index (χ2v) is 13.0. The highest BCUT2D eigenvalue weighted by molar-refractivity contribution is 6.18.